The van der Waals surface area contributed by atoms with Crippen molar-refractivity contribution in [1.29, 1.82) is 0 Å². The molecule has 1 aromatic heterocycles. The van der Waals surface area contributed by atoms with Crippen LogP contribution >= 0.6 is 22.9 Å². The van der Waals surface area contributed by atoms with Crippen molar-refractivity contribution in [3.8, 4) is 10.6 Å². The van der Waals surface area contributed by atoms with Gasteiger partial charge in [0.2, 0.25) is 11.0 Å². The van der Waals surface area contributed by atoms with Gasteiger partial charge in [-0.05, 0) is 37.1 Å². The van der Waals surface area contributed by atoms with E-state index in [1.165, 1.54) is 23.5 Å². The Morgan fingerprint density at radius 1 is 1.09 bits per heavy atom. The molecule has 33 heavy (non-hydrogen) atoms. The van der Waals surface area contributed by atoms with Gasteiger partial charge in [0.25, 0.3) is 5.91 Å². The average Bonchev–Trinajstić information content (AvgIpc) is 3.28. The monoisotopic (exact) mass is 486 g/mol. The summed E-state index contributed by atoms with van der Waals surface area (Å²) in [4.78, 5) is 27.4. The van der Waals surface area contributed by atoms with Crippen LogP contribution in [-0.4, -0.2) is 39.5 Å². The minimum Gasteiger partial charge on any atom is -0.335 e. The number of rotatable bonds is 7. The molecular formula is C24H24ClFN4O2S. The molecule has 9 heteroatoms. The van der Waals surface area contributed by atoms with E-state index in [2.05, 4.69) is 15.5 Å². The fourth-order valence-corrected chi connectivity index (χ4v) is 4.99. The van der Waals surface area contributed by atoms with E-state index in [4.69, 9.17) is 11.6 Å². The number of aromatic nitrogens is 2. The zero-order valence-corrected chi connectivity index (χ0v) is 19.5. The smallest absolute Gasteiger partial charge is 0.257 e. The first-order chi connectivity index (χ1) is 16.0. The van der Waals surface area contributed by atoms with Crippen LogP contribution in [0.1, 0.15) is 48.9 Å². The first-order valence-electron chi connectivity index (χ1n) is 11.0. The van der Waals surface area contributed by atoms with Gasteiger partial charge in [-0.25, -0.2) is 4.39 Å². The molecule has 0 radical (unpaired) electrons. The molecule has 0 atom stereocenters. The quantitative estimate of drug-likeness (QED) is 0.458. The Kier molecular flexibility index (Phi) is 7.67. The SMILES string of the molecule is O=C(CCN(C(=O)c1ccccc1F)C1CCCCC1)Nc1nnc(-c2cccc(Cl)c2)s1. The predicted molar refractivity (Wildman–Crippen MR) is 128 cm³/mol. The topological polar surface area (TPSA) is 75.2 Å². The van der Waals surface area contributed by atoms with Gasteiger partial charge in [-0.15, -0.1) is 10.2 Å². The van der Waals surface area contributed by atoms with Gasteiger partial charge >= 0.3 is 0 Å². The molecule has 0 aliphatic heterocycles. The molecule has 1 aliphatic carbocycles. The number of carbonyl (C=O) groups is 2. The van der Waals surface area contributed by atoms with Crippen LogP contribution in [0.2, 0.25) is 5.02 Å². The van der Waals surface area contributed by atoms with E-state index in [1.807, 2.05) is 12.1 Å². The number of carbonyl (C=O) groups excluding carboxylic acids is 2. The summed E-state index contributed by atoms with van der Waals surface area (Å²) in [6.45, 7) is 0.212. The van der Waals surface area contributed by atoms with Crippen molar-refractivity contribution in [2.75, 3.05) is 11.9 Å². The van der Waals surface area contributed by atoms with Crippen LogP contribution in [0.3, 0.4) is 0 Å². The average molecular weight is 487 g/mol. The van der Waals surface area contributed by atoms with Gasteiger partial charge in [0.1, 0.15) is 10.8 Å². The van der Waals surface area contributed by atoms with Crippen molar-refractivity contribution in [3.05, 3.63) is 64.9 Å². The lowest BCUT2D eigenvalue weighted by Crippen LogP contribution is -2.43. The summed E-state index contributed by atoms with van der Waals surface area (Å²) in [5.74, 6) is -1.19. The normalized spacial score (nSPS) is 14.1. The molecular weight excluding hydrogens is 463 g/mol. The summed E-state index contributed by atoms with van der Waals surface area (Å²) in [6.07, 6.45) is 4.99. The lowest BCUT2D eigenvalue weighted by atomic mass is 9.93. The summed E-state index contributed by atoms with van der Waals surface area (Å²) in [7, 11) is 0. The molecule has 0 bridgehead atoms. The molecule has 4 rings (SSSR count). The number of benzene rings is 2. The number of nitrogens with one attached hydrogen (secondary N) is 1. The van der Waals surface area contributed by atoms with Gasteiger partial charge in [-0.1, -0.05) is 66.5 Å². The van der Waals surface area contributed by atoms with Crippen LogP contribution in [0.15, 0.2) is 48.5 Å². The summed E-state index contributed by atoms with van der Waals surface area (Å²) in [5, 5.41) is 12.5. The highest BCUT2D eigenvalue weighted by Crippen LogP contribution is 2.28. The second kappa shape index (κ2) is 10.9. The fraction of sp³-hybridized carbons (Fsp3) is 0.333. The predicted octanol–water partition coefficient (Wildman–Crippen LogP) is 5.80. The van der Waals surface area contributed by atoms with Crippen molar-refractivity contribution in [2.45, 2.75) is 44.6 Å². The minimum absolute atomic E-state index is 0.00890. The van der Waals surface area contributed by atoms with Crippen LogP contribution in [0.25, 0.3) is 10.6 Å². The number of anilines is 1. The Balaban J connectivity index is 1.41. The maximum absolute atomic E-state index is 14.3. The number of nitrogens with zero attached hydrogens (tertiary/aromatic N) is 3. The summed E-state index contributed by atoms with van der Waals surface area (Å²) >= 11 is 7.28. The number of halogens is 2. The third-order valence-electron chi connectivity index (χ3n) is 5.70. The summed E-state index contributed by atoms with van der Waals surface area (Å²) < 4.78 is 14.3. The van der Waals surface area contributed by atoms with Crippen molar-refractivity contribution >= 4 is 39.9 Å². The van der Waals surface area contributed by atoms with E-state index in [0.717, 1.165) is 37.7 Å². The molecule has 2 amide bonds. The number of amides is 2. The van der Waals surface area contributed by atoms with Crippen LogP contribution in [0.5, 0.6) is 0 Å². The Hall–Kier alpha value is -2.84. The zero-order valence-electron chi connectivity index (χ0n) is 18.0. The van der Waals surface area contributed by atoms with E-state index in [1.54, 1.807) is 29.2 Å². The third-order valence-corrected chi connectivity index (χ3v) is 6.83. The van der Waals surface area contributed by atoms with Gasteiger partial charge in [0.05, 0.1) is 5.56 Å². The zero-order chi connectivity index (χ0) is 23.2. The minimum atomic E-state index is -0.546. The summed E-state index contributed by atoms with van der Waals surface area (Å²) in [5.41, 5.74) is 0.859. The highest BCUT2D eigenvalue weighted by atomic mass is 35.5. The van der Waals surface area contributed by atoms with Crippen LogP contribution < -0.4 is 5.32 Å². The number of hydrogen-bond donors (Lipinski definition) is 1. The van der Waals surface area contributed by atoms with Gasteiger partial charge in [0.15, 0.2) is 0 Å². The van der Waals surface area contributed by atoms with E-state index >= 15 is 0 Å². The van der Waals surface area contributed by atoms with Gasteiger partial charge in [-0.3, -0.25) is 9.59 Å². The first kappa shape index (κ1) is 23.3. The van der Waals surface area contributed by atoms with Crippen molar-refractivity contribution in [1.82, 2.24) is 15.1 Å². The van der Waals surface area contributed by atoms with Crippen molar-refractivity contribution in [2.24, 2.45) is 0 Å². The van der Waals surface area contributed by atoms with Gasteiger partial charge in [-0.2, -0.15) is 0 Å². The molecule has 2 aromatic carbocycles. The Morgan fingerprint density at radius 3 is 2.64 bits per heavy atom. The molecule has 1 fully saturated rings. The van der Waals surface area contributed by atoms with Gasteiger partial charge < -0.3 is 10.2 Å². The first-order valence-corrected chi connectivity index (χ1v) is 12.2. The molecule has 6 nitrogen and oxygen atoms in total. The van der Waals surface area contributed by atoms with E-state index in [-0.39, 0.29) is 36.4 Å². The lowest BCUT2D eigenvalue weighted by molar-refractivity contribution is -0.116. The largest absolute Gasteiger partial charge is 0.335 e. The van der Waals surface area contributed by atoms with E-state index in [0.29, 0.717) is 15.2 Å². The highest BCUT2D eigenvalue weighted by molar-refractivity contribution is 7.18. The Bertz CT molecular complexity index is 1130. The Morgan fingerprint density at radius 2 is 1.88 bits per heavy atom. The van der Waals surface area contributed by atoms with E-state index in [9.17, 15) is 14.0 Å². The fourth-order valence-electron chi connectivity index (χ4n) is 4.05. The van der Waals surface area contributed by atoms with Crippen LogP contribution in [0.4, 0.5) is 9.52 Å². The molecule has 0 saturated heterocycles. The van der Waals surface area contributed by atoms with Crippen LogP contribution in [-0.2, 0) is 4.79 Å². The highest BCUT2D eigenvalue weighted by Gasteiger charge is 2.28. The molecule has 1 saturated carbocycles. The van der Waals surface area contributed by atoms with Crippen molar-refractivity contribution in [3.63, 3.8) is 0 Å². The van der Waals surface area contributed by atoms with E-state index < -0.39 is 5.82 Å². The Labute approximate surface area is 200 Å². The maximum Gasteiger partial charge on any atom is 0.257 e. The molecule has 1 aliphatic rings. The second-order valence-electron chi connectivity index (χ2n) is 7.99. The number of hydrogen-bond acceptors (Lipinski definition) is 5. The molecule has 0 spiro atoms. The molecule has 172 valence electrons. The van der Waals surface area contributed by atoms with Crippen LogP contribution in [0, 0.1) is 5.82 Å². The molecule has 0 unspecified atom stereocenters. The maximum atomic E-state index is 14.3. The third kappa shape index (κ3) is 5.94. The molecule has 3 aromatic rings. The van der Waals surface area contributed by atoms with Crippen molar-refractivity contribution < 1.29 is 14.0 Å². The summed E-state index contributed by atoms with van der Waals surface area (Å²) in [6, 6.07) is 13.2. The standard InChI is InChI=1S/C24H24ClFN4O2S/c25-17-8-6-7-16(15-17)22-28-29-24(33-22)27-21(31)13-14-30(18-9-2-1-3-10-18)23(32)19-11-4-5-12-20(19)26/h4-8,11-12,15,18H,1-3,9-10,13-14H2,(H,27,29,31). The molecule has 1 heterocycles. The van der Waals surface area contributed by atoms with Gasteiger partial charge in [0, 0.05) is 29.6 Å². The molecule has 1 N–H and O–H groups in total. The lowest BCUT2D eigenvalue weighted by Gasteiger charge is -2.34. The second-order valence-corrected chi connectivity index (χ2v) is 9.41.